The molecule has 1 N–H and O–H groups in total. The van der Waals surface area contributed by atoms with Crippen LogP contribution in [0.2, 0.25) is 0 Å². The topological polar surface area (TPSA) is 20.2 Å². The van der Waals surface area contributed by atoms with Gasteiger partial charge in [0.15, 0.2) is 0 Å². The summed E-state index contributed by atoms with van der Waals surface area (Å²) >= 11 is 1.68. The minimum absolute atomic E-state index is 0.141. The predicted molar refractivity (Wildman–Crippen MR) is 43.8 cm³/mol. The van der Waals surface area contributed by atoms with Crippen molar-refractivity contribution in [3.8, 4) is 0 Å². The van der Waals surface area contributed by atoms with E-state index >= 15 is 0 Å². The van der Waals surface area contributed by atoms with Crippen LogP contribution in [0.25, 0.3) is 0 Å². The maximum Gasteiger partial charge on any atom is 0.0633 e. The molecule has 0 bridgehead atoms. The van der Waals surface area contributed by atoms with Crippen LogP contribution in [0.4, 0.5) is 0 Å². The second-order valence-corrected chi connectivity index (χ2v) is 2.89. The van der Waals surface area contributed by atoms with Crippen LogP contribution < -0.4 is 0 Å². The second kappa shape index (κ2) is 6.17. The van der Waals surface area contributed by atoms with Crippen molar-refractivity contribution < 1.29 is 5.11 Å². The van der Waals surface area contributed by atoms with Crippen LogP contribution in [0.15, 0.2) is 12.7 Å². The second-order valence-electron chi connectivity index (χ2n) is 1.98. The van der Waals surface area contributed by atoms with Gasteiger partial charge in [0.05, 0.1) is 6.10 Å². The van der Waals surface area contributed by atoms with Gasteiger partial charge in [0, 0.05) is 5.75 Å². The Labute approximate surface area is 61.2 Å². The van der Waals surface area contributed by atoms with Gasteiger partial charge < -0.3 is 5.11 Å². The van der Waals surface area contributed by atoms with E-state index < -0.39 is 0 Å². The van der Waals surface area contributed by atoms with Gasteiger partial charge in [0.25, 0.3) is 0 Å². The lowest BCUT2D eigenvalue weighted by molar-refractivity contribution is 0.190. The molecule has 0 aromatic heterocycles. The Morgan fingerprint density at radius 3 is 2.89 bits per heavy atom. The SMILES string of the molecule is C=CCCC(O)CSC. The van der Waals surface area contributed by atoms with Gasteiger partial charge in [0.1, 0.15) is 0 Å². The van der Waals surface area contributed by atoms with Crippen molar-refractivity contribution in [3.63, 3.8) is 0 Å². The normalized spacial score (nSPS) is 13.1. The number of hydrogen-bond donors (Lipinski definition) is 1. The summed E-state index contributed by atoms with van der Waals surface area (Å²) in [6.07, 6.45) is 5.46. The third-order valence-electron chi connectivity index (χ3n) is 1.06. The summed E-state index contributed by atoms with van der Waals surface area (Å²) in [5.41, 5.74) is 0. The third kappa shape index (κ3) is 5.93. The van der Waals surface area contributed by atoms with E-state index in [2.05, 4.69) is 6.58 Å². The highest BCUT2D eigenvalue weighted by Gasteiger charge is 1.98. The Balaban J connectivity index is 3.04. The molecule has 0 aromatic rings. The van der Waals surface area contributed by atoms with Crippen molar-refractivity contribution in [1.29, 1.82) is 0 Å². The summed E-state index contributed by atoms with van der Waals surface area (Å²) in [7, 11) is 0. The van der Waals surface area contributed by atoms with Crippen molar-refractivity contribution in [2.45, 2.75) is 18.9 Å². The maximum atomic E-state index is 9.11. The van der Waals surface area contributed by atoms with E-state index in [9.17, 15) is 0 Å². The minimum atomic E-state index is -0.141. The van der Waals surface area contributed by atoms with Crippen LogP contribution in [0.1, 0.15) is 12.8 Å². The molecule has 0 aliphatic heterocycles. The molecule has 0 aliphatic rings. The fourth-order valence-electron chi connectivity index (χ4n) is 0.586. The molecule has 0 saturated carbocycles. The monoisotopic (exact) mass is 146 g/mol. The summed E-state index contributed by atoms with van der Waals surface area (Å²) in [4.78, 5) is 0. The molecule has 0 aromatic carbocycles. The number of aliphatic hydroxyl groups is 1. The molecule has 0 radical (unpaired) electrons. The highest BCUT2D eigenvalue weighted by atomic mass is 32.2. The number of aliphatic hydroxyl groups excluding tert-OH is 1. The van der Waals surface area contributed by atoms with Crippen molar-refractivity contribution in [2.75, 3.05) is 12.0 Å². The van der Waals surface area contributed by atoms with E-state index in [1.165, 1.54) is 0 Å². The van der Waals surface area contributed by atoms with Gasteiger partial charge in [-0.2, -0.15) is 11.8 Å². The fraction of sp³-hybridized carbons (Fsp3) is 0.714. The van der Waals surface area contributed by atoms with Gasteiger partial charge >= 0.3 is 0 Å². The highest BCUT2D eigenvalue weighted by molar-refractivity contribution is 7.98. The van der Waals surface area contributed by atoms with Gasteiger partial charge in [0.2, 0.25) is 0 Å². The number of rotatable bonds is 5. The highest BCUT2D eigenvalue weighted by Crippen LogP contribution is 2.03. The van der Waals surface area contributed by atoms with Gasteiger partial charge in [-0.15, -0.1) is 6.58 Å². The van der Waals surface area contributed by atoms with Gasteiger partial charge in [-0.25, -0.2) is 0 Å². The Hall–Kier alpha value is 0.0500. The van der Waals surface area contributed by atoms with E-state index in [0.717, 1.165) is 18.6 Å². The van der Waals surface area contributed by atoms with E-state index in [-0.39, 0.29) is 6.10 Å². The fourth-order valence-corrected chi connectivity index (χ4v) is 1.14. The lowest BCUT2D eigenvalue weighted by Gasteiger charge is -2.04. The first-order valence-electron chi connectivity index (χ1n) is 3.09. The first-order valence-corrected chi connectivity index (χ1v) is 4.48. The molecule has 1 atom stereocenters. The lowest BCUT2D eigenvalue weighted by atomic mass is 10.2. The zero-order valence-electron chi connectivity index (χ0n) is 5.84. The van der Waals surface area contributed by atoms with Crippen LogP contribution in [-0.2, 0) is 0 Å². The Morgan fingerprint density at radius 1 is 1.78 bits per heavy atom. The molecule has 1 unspecified atom stereocenters. The molecular weight excluding hydrogens is 132 g/mol. The van der Waals surface area contributed by atoms with E-state index in [1.807, 2.05) is 12.3 Å². The zero-order valence-corrected chi connectivity index (χ0v) is 6.66. The van der Waals surface area contributed by atoms with Crippen molar-refractivity contribution in [3.05, 3.63) is 12.7 Å². The Kier molecular flexibility index (Phi) is 6.21. The summed E-state index contributed by atoms with van der Waals surface area (Å²) in [5.74, 6) is 0.841. The average Bonchev–Trinajstić information content (AvgIpc) is 1.85. The summed E-state index contributed by atoms with van der Waals surface area (Å²) in [6, 6.07) is 0. The molecule has 0 heterocycles. The Morgan fingerprint density at radius 2 is 2.44 bits per heavy atom. The molecule has 0 fully saturated rings. The largest absolute Gasteiger partial charge is 0.392 e. The van der Waals surface area contributed by atoms with Crippen molar-refractivity contribution in [1.82, 2.24) is 0 Å². The third-order valence-corrected chi connectivity index (χ3v) is 1.78. The minimum Gasteiger partial charge on any atom is -0.392 e. The van der Waals surface area contributed by atoms with E-state index in [4.69, 9.17) is 5.11 Å². The maximum absolute atomic E-state index is 9.11. The number of thioether (sulfide) groups is 1. The molecule has 9 heavy (non-hydrogen) atoms. The summed E-state index contributed by atoms with van der Waals surface area (Å²) < 4.78 is 0. The summed E-state index contributed by atoms with van der Waals surface area (Å²) in [5, 5.41) is 9.11. The lowest BCUT2D eigenvalue weighted by Crippen LogP contribution is -2.08. The first-order chi connectivity index (χ1) is 4.31. The Bertz CT molecular complexity index is 73.3. The van der Waals surface area contributed by atoms with Crippen LogP contribution in [0.3, 0.4) is 0 Å². The standard InChI is InChI=1S/C7H14OS/c1-3-4-5-7(8)6-9-2/h3,7-8H,1,4-6H2,2H3. The molecule has 0 saturated heterocycles. The van der Waals surface area contributed by atoms with Gasteiger partial charge in [-0.1, -0.05) is 6.08 Å². The molecular formula is C7H14OS. The first kappa shape index (κ1) is 9.05. The zero-order chi connectivity index (χ0) is 7.11. The molecule has 0 rings (SSSR count). The molecule has 0 aliphatic carbocycles. The van der Waals surface area contributed by atoms with E-state index in [0.29, 0.717) is 0 Å². The smallest absolute Gasteiger partial charge is 0.0633 e. The molecule has 0 amide bonds. The quantitative estimate of drug-likeness (QED) is 0.595. The summed E-state index contributed by atoms with van der Waals surface area (Å²) in [6.45, 7) is 3.57. The van der Waals surface area contributed by atoms with Crippen LogP contribution in [0.5, 0.6) is 0 Å². The van der Waals surface area contributed by atoms with Crippen LogP contribution >= 0.6 is 11.8 Å². The van der Waals surface area contributed by atoms with Crippen molar-refractivity contribution >= 4 is 11.8 Å². The molecule has 1 nitrogen and oxygen atoms in total. The predicted octanol–water partition coefficient (Wildman–Crippen LogP) is 1.68. The van der Waals surface area contributed by atoms with E-state index in [1.54, 1.807) is 11.8 Å². The van der Waals surface area contributed by atoms with Crippen LogP contribution in [0, 0.1) is 0 Å². The number of hydrogen-bond acceptors (Lipinski definition) is 2. The molecule has 2 heteroatoms. The van der Waals surface area contributed by atoms with Gasteiger partial charge in [-0.05, 0) is 19.1 Å². The van der Waals surface area contributed by atoms with Crippen molar-refractivity contribution in [2.24, 2.45) is 0 Å². The molecule has 0 spiro atoms. The van der Waals surface area contributed by atoms with Crippen LogP contribution in [-0.4, -0.2) is 23.2 Å². The van der Waals surface area contributed by atoms with Gasteiger partial charge in [-0.3, -0.25) is 0 Å². The average molecular weight is 146 g/mol. The molecule has 54 valence electrons. The number of allylic oxidation sites excluding steroid dienone is 1.